The number of furan rings is 1. The highest BCUT2D eigenvalue weighted by Gasteiger charge is 2.11. The van der Waals surface area contributed by atoms with Crippen molar-refractivity contribution in [3.63, 3.8) is 0 Å². The van der Waals surface area contributed by atoms with Crippen LogP contribution in [0.5, 0.6) is 0 Å². The molecule has 0 atom stereocenters. The van der Waals surface area contributed by atoms with Crippen LogP contribution in [-0.4, -0.2) is 14.1 Å². The SMILES string of the molecule is CNCc1oc(CN(C)c2ccc(C)cc2C)cc1C. The van der Waals surface area contributed by atoms with Crippen LogP contribution in [0.4, 0.5) is 5.69 Å². The predicted molar refractivity (Wildman–Crippen MR) is 84.2 cm³/mol. The van der Waals surface area contributed by atoms with Gasteiger partial charge < -0.3 is 14.6 Å². The van der Waals surface area contributed by atoms with Crippen molar-refractivity contribution in [1.29, 1.82) is 0 Å². The Morgan fingerprint density at radius 1 is 1.10 bits per heavy atom. The highest BCUT2D eigenvalue weighted by molar-refractivity contribution is 5.53. The number of hydrogen-bond acceptors (Lipinski definition) is 3. The fourth-order valence-electron chi connectivity index (χ4n) is 2.56. The second-order valence-corrected chi connectivity index (χ2v) is 5.50. The molecule has 0 saturated carbocycles. The molecule has 108 valence electrons. The fraction of sp³-hybridized carbons (Fsp3) is 0.412. The van der Waals surface area contributed by atoms with Gasteiger partial charge >= 0.3 is 0 Å². The van der Waals surface area contributed by atoms with E-state index in [1.807, 2.05) is 7.05 Å². The van der Waals surface area contributed by atoms with E-state index in [-0.39, 0.29) is 0 Å². The van der Waals surface area contributed by atoms with Gasteiger partial charge in [-0.3, -0.25) is 0 Å². The van der Waals surface area contributed by atoms with Crippen LogP contribution in [-0.2, 0) is 13.1 Å². The first-order chi connectivity index (χ1) is 9.51. The fourth-order valence-corrected chi connectivity index (χ4v) is 2.56. The molecule has 0 aliphatic heterocycles. The lowest BCUT2D eigenvalue weighted by Crippen LogP contribution is -2.17. The van der Waals surface area contributed by atoms with Gasteiger partial charge in [0.25, 0.3) is 0 Å². The lowest BCUT2D eigenvalue weighted by Gasteiger charge is -2.20. The predicted octanol–water partition coefficient (Wildman–Crippen LogP) is 3.56. The zero-order valence-corrected chi connectivity index (χ0v) is 13.1. The Labute approximate surface area is 121 Å². The molecule has 0 amide bonds. The van der Waals surface area contributed by atoms with E-state index in [2.05, 4.69) is 62.3 Å². The van der Waals surface area contributed by atoms with E-state index < -0.39 is 0 Å². The van der Waals surface area contributed by atoms with Crippen LogP contribution >= 0.6 is 0 Å². The minimum Gasteiger partial charge on any atom is -0.463 e. The van der Waals surface area contributed by atoms with Crippen molar-refractivity contribution in [1.82, 2.24) is 5.32 Å². The largest absolute Gasteiger partial charge is 0.463 e. The van der Waals surface area contributed by atoms with E-state index in [1.165, 1.54) is 22.4 Å². The van der Waals surface area contributed by atoms with Gasteiger partial charge in [-0.25, -0.2) is 0 Å². The van der Waals surface area contributed by atoms with E-state index >= 15 is 0 Å². The van der Waals surface area contributed by atoms with Gasteiger partial charge in [-0.05, 0) is 51.1 Å². The van der Waals surface area contributed by atoms with Crippen molar-refractivity contribution in [3.05, 3.63) is 52.5 Å². The van der Waals surface area contributed by atoms with Gasteiger partial charge in [-0.15, -0.1) is 0 Å². The standard InChI is InChI=1S/C17H24N2O/c1-12-6-7-16(13(2)8-12)19(5)11-15-9-14(3)17(20-15)10-18-4/h6-9,18H,10-11H2,1-5H3. The molecule has 1 N–H and O–H groups in total. The zero-order valence-electron chi connectivity index (χ0n) is 13.1. The maximum absolute atomic E-state index is 5.91. The van der Waals surface area contributed by atoms with Gasteiger partial charge in [-0.1, -0.05) is 17.7 Å². The zero-order chi connectivity index (χ0) is 14.7. The Hall–Kier alpha value is -1.74. The number of nitrogens with zero attached hydrogens (tertiary/aromatic N) is 1. The summed E-state index contributed by atoms with van der Waals surface area (Å²) in [4.78, 5) is 2.23. The topological polar surface area (TPSA) is 28.4 Å². The lowest BCUT2D eigenvalue weighted by molar-refractivity contribution is 0.451. The summed E-state index contributed by atoms with van der Waals surface area (Å²) < 4.78 is 5.91. The molecule has 0 fully saturated rings. The molecule has 1 heterocycles. The molecular weight excluding hydrogens is 248 g/mol. The third-order valence-corrected chi connectivity index (χ3v) is 3.57. The quantitative estimate of drug-likeness (QED) is 0.902. The third-order valence-electron chi connectivity index (χ3n) is 3.57. The van der Waals surface area contributed by atoms with E-state index in [4.69, 9.17) is 4.42 Å². The summed E-state index contributed by atoms with van der Waals surface area (Å²) in [6, 6.07) is 8.67. The van der Waals surface area contributed by atoms with Crippen molar-refractivity contribution in [2.45, 2.75) is 33.9 Å². The third kappa shape index (κ3) is 3.23. The van der Waals surface area contributed by atoms with Gasteiger partial charge in [-0.2, -0.15) is 0 Å². The van der Waals surface area contributed by atoms with Gasteiger partial charge in [0.2, 0.25) is 0 Å². The molecule has 0 saturated heterocycles. The molecule has 1 aromatic heterocycles. The average Bonchev–Trinajstić information content (AvgIpc) is 2.70. The molecule has 0 aliphatic carbocycles. The molecule has 0 unspecified atom stereocenters. The minimum absolute atomic E-state index is 0.777. The van der Waals surface area contributed by atoms with Crippen LogP contribution < -0.4 is 10.2 Å². The summed E-state index contributed by atoms with van der Waals surface area (Å²) >= 11 is 0. The molecule has 2 rings (SSSR count). The minimum atomic E-state index is 0.777. The molecular formula is C17H24N2O. The molecule has 3 nitrogen and oxygen atoms in total. The molecule has 0 radical (unpaired) electrons. The van der Waals surface area contributed by atoms with Crippen LogP contribution in [0.2, 0.25) is 0 Å². The first-order valence-corrected chi connectivity index (χ1v) is 7.02. The van der Waals surface area contributed by atoms with Crippen molar-refractivity contribution in [3.8, 4) is 0 Å². The van der Waals surface area contributed by atoms with Gasteiger partial charge in [0.05, 0.1) is 13.1 Å². The Morgan fingerprint density at radius 2 is 1.85 bits per heavy atom. The Kier molecular flexibility index (Phi) is 4.50. The smallest absolute Gasteiger partial charge is 0.123 e. The normalized spacial score (nSPS) is 10.8. The van der Waals surface area contributed by atoms with E-state index in [0.29, 0.717) is 0 Å². The van der Waals surface area contributed by atoms with Crippen molar-refractivity contribution in [2.24, 2.45) is 0 Å². The number of benzene rings is 1. The van der Waals surface area contributed by atoms with Gasteiger partial charge in [0.1, 0.15) is 11.5 Å². The van der Waals surface area contributed by atoms with Crippen LogP contribution in [0.3, 0.4) is 0 Å². The number of anilines is 1. The first kappa shape index (κ1) is 14.7. The number of rotatable bonds is 5. The second kappa shape index (κ2) is 6.14. The summed E-state index contributed by atoms with van der Waals surface area (Å²) in [7, 11) is 4.04. The molecule has 0 spiro atoms. The van der Waals surface area contributed by atoms with Crippen molar-refractivity contribution in [2.75, 3.05) is 19.0 Å². The highest BCUT2D eigenvalue weighted by Crippen LogP contribution is 2.23. The van der Waals surface area contributed by atoms with Crippen molar-refractivity contribution >= 4 is 5.69 Å². The first-order valence-electron chi connectivity index (χ1n) is 7.02. The molecule has 1 aromatic carbocycles. The van der Waals surface area contributed by atoms with E-state index in [9.17, 15) is 0 Å². The average molecular weight is 272 g/mol. The molecule has 0 bridgehead atoms. The van der Waals surface area contributed by atoms with Crippen LogP contribution in [0.25, 0.3) is 0 Å². The van der Waals surface area contributed by atoms with Gasteiger partial charge in [0.15, 0.2) is 0 Å². The Bertz CT molecular complexity index is 587. The summed E-state index contributed by atoms with van der Waals surface area (Å²) in [6.07, 6.45) is 0. The number of hydrogen-bond donors (Lipinski definition) is 1. The summed E-state index contributed by atoms with van der Waals surface area (Å²) in [5.41, 5.74) is 5.05. The molecule has 0 aliphatic rings. The summed E-state index contributed by atoms with van der Waals surface area (Å²) in [5.74, 6) is 2.03. The monoisotopic (exact) mass is 272 g/mol. The molecule has 2 aromatic rings. The van der Waals surface area contributed by atoms with Crippen LogP contribution in [0, 0.1) is 20.8 Å². The number of nitrogens with one attached hydrogen (secondary N) is 1. The maximum atomic E-state index is 5.91. The molecule has 3 heteroatoms. The second-order valence-electron chi connectivity index (χ2n) is 5.50. The summed E-state index contributed by atoms with van der Waals surface area (Å²) in [6.45, 7) is 7.93. The Morgan fingerprint density at radius 3 is 2.50 bits per heavy atom. The Balaban J connectivity index is 2.14. The summed E-state index contributed by atoms with van der Waals surface area (Å²) in [5, 5.41) is 3.13. The van der Waals surface area contributed by atoms with Crippen LogP contribution in [0.1, 0.15) is 28.2 Å². The van der Waals surface area contributed by atoms with Crippen molar-refractivity contribution < 1.29 is 4.42 Å². The van der Waals surface area contributed by atoms with E-state index in [1.54, 1.807) is 0 Å². The highest BCUT2D eigenvalue weighted by atomic mass is 16.3. The number of aryl methyl sites for hydroxylation is 3. The van der Waals surface area contributed by atoms with Gasteiger partial charge in [0, 0.05) is 12.7 Å². The molecule has 20 heavy (non-hydrogen) atoms. The van der Waals surface area contributed by atoms with E-state index in [0.717, 1.165) is 24.6 Å². The lowest BCUT2D eigenvalue weighted by atomic mass is 10.1. The maximum Gasteiger partial charge on any atom is 0.123 e. The van der Waals surface area contributed by atoms with Crippen LogP contribution in [0.15, 0.2) is 28.7 Å².